The van der Waals surface area contributed by atoms with E-state index < -0.39 is 12.6 Å². The summed E-state index contributed by atoms with van der Waals surface area (Å²) in [4.78, 5) is 18.3. The van der Waals surface area contributed by atoms with Crippen molar-refractivity contribution in [1.82, 2.24) is 19.7 Å². The lowest BCUT2D eigenvalue weighted by Crippen LogP contribution is -2.10. The maximum Gasteiger partial charge on any atom is 0.341 e. The van der Waals surface area contributed by atoms with Crippen molar-refractivity contribution in [2.24, 2.45) is 7.05 Å². The van der Waals surface area contributed by atoms with Gasteiger partial charge in [0, 0.05) is 25.0 Å². The molecule has 0 bridgehead atoms. The largest absolute Gasteiger partial charge is 0.479 e. The number of hydrogen-bond acceptors (Lipinski definition) is 5. The molecule has 0 saturated carbocycles. The van der Waals surface area contributed by atoms with Gasteiger partial charge in [0.25, 0.3) is 0 Å². The molecule has 2 heterocycles. The summed E-state index contributed by atoms with van der Waals surface area (Å²) in [5, 5.41) is 12.4. The van der Waals surface area contributed by atoms with Gasteiger partial charge in [-0.05, 0) is 12.1 Å². The van der Waals surface area contributed by atoms with Gasteiger partial charge < -0.3 is 9.84 Å². The van der Waals surface area contributed by atoms with E-state index in [0.29, 0.717) is 5.82 Å². The van der Waals surface area contributed by atoms with Gasteiger partial charge in [-0.1, -0.05) is 0 Å². The number of carboxylic acid groups (broad SMARTS) is 1. The van der Waals surface area contributed by atoms with E-state index in [1.165, 1.54) is 4.68 Å². The molecule has 2 aromatic rings. The summed E-state index contributed by atoms with van der Waals surface area (Å²) in [6.07, 6.45) is 3.28. The fourth-order valence-electron chi connectivity index (χ4n) is 1.30. The fourth-order valence-corrected chi connectivity index (χ4v) is 1.30. The van der Waals surface area contributed by atoms with Gasteiger partial charge in [0.1, 0.15) is 0 Å². The lowest BCUT2D eigenvalue weighted by atomic mass is 10.2. The van der Waals surface area contributed by atoms with E-state index in [0.717, 1.165) is 5.56 Å². The molecule has 2 aromatic heterocycles. The van der Waals surface area contributed by atoms with Crippen LogP contribution in [0.2, 0.25) is 0 Å². The number of hydrogen-bond donors (Lipinski definition) is 1. The summed E-state index contributed by atoms with van der Waals surface area (Å²) in [7, 11) is 1.70. The third-order valence-electron chi connectivity index (χ3n) is 2.01. The Kier molecular flexibility index (Phi) is 2.99. The van der Waals surface area contributed by atoms with Gasteiger partial charge in [-0.15, -0.1) is 5.10 Å². The molecule has 0 aliphatic heterocycles. The molecule has 0 aliphatic carbocycles. The topological polar surface area (TPSA) is 90.1 Å². The lowest BCUT2D eigenvalue weighted by Gasteiger charge is -1.97. The second kappa shape index (κ2) is 4.60. The highest BCUT2D eigenvalue weighted by Gasteiger charge is 2.11. The molecule has 0 spiro atoms. The maximum absolute atomic E-state index is 10.3. The van der Waals surface area contributed by atoms with Crippen LogP contribution in [-0.2, 0) is 11.8 Å². The van der Waals surface area contributed by atoms with Crippen LogP contribution in [-0.4, -0.2) is 37.4 Å². The minimum Gasteiger partial charge on any atom is -0.479 e. The van der Waals surface area contributed by atoms with E-state index in [2.05, 4.69) is 15.1 Å². The van der Waals surface area contributed by atoms with Crippen molar-refractivity contribution in [3.05, 3.63) is 24.5 Å². The third kappa shape index (κ3) is 2.57. The van der Waals surface area contributed by atoms with Crippen LogP contribution in [0.25, 0.3) is 11.4 Å². The molecule has 0 unspecified atom stereocenters. The first kappa shape index (κ1) is 11.1. The van der Waals surface area contributed by atoms with Gasteiger partial charge in [0.15, 0.2) is 12.4 Å². The Morgan fingerprint density at radius 2 is 2.18 bits per heavy atom. The first-order valence-electron chi connectivity index (χ1n) is 4.83. The van der Waals surface area contributed by atoms with Crippen LogP contribution in [0.5, 0.6) is 6.01 Å². The van der Waals surface area contributed by atoms with Crippen LogP contribution in [0.4, 0.5) is 0 Å². The first-order chi connectivity index (χ1) is 8.16. The number of aryl methyl sites for hydroxylation is 1. The molecular formula is C10H10N4O3. The zero-order valence-electron chi connectivity index (χ0n) is 9.07. The molecule has 0 saturated heterocycles. The average Bonchev–Trinajstić information content (AvgIpc) is 2.69. The molecule has 0 fully saturated rings. The number of carbonyl (C=O) groups is 1. The van der Waals surface area contributed by atoms with Crippen LogP contribution in [0, 0.1) is 0 Å². The van der Waals surface area contributed by atoms with Crippen LogP contribution in [0.1, 0.15) is 0 Å². The maximum atomic E-state index is 10.3. The summed E-state index contributed by atoms with van der Waals surface area (Å²) in [5.41, 5.74) is 0.833. The Balaban J connectivity index is 2.22. The highest BCUT2D eigenvalue weighted by molar-refractivity contribution is 5.68. The SMILES string of the molecule is Cn1nc(OCC(=O)O)nc1-c1ccncc1. The Morgan fingerprint density at radius 1 is 1.47 bits per heavy atom. The van der Waals surface area contributed by atoms with Gasteiger partial charge in [-0.25, -0.2) is 9.48 Å². The van der Waals surface area contributed by atoms with Gasteiger partial charge in [0.05, 0.1) is 0 Å². The van der Waals surface area contributed by atoms with Crippen molar-refractivity contribution >= 4 is 5.97 Å². The number of carboxylic acids is 1. The zero-order valence-corrected chi connectivity index (χ0v) is 9.07. The molecule has 88 valence electrons. The molecule has 17 heavy (non-hydrogen) atoms. The molecule has 0 radical (unpaired) electrons. The van der Waals surface area contributed by atoms with Gasteiger partial charge >= 0.3 is 12.0 Å². The number of aromatic nitrogens is 4. The van der Waals surface area contributed by atoms with Crippen molar-refractivity contribution in [3.8, 4) is 17.4 Å². The van der Waals surface area contributed by atoms with E-state index in [4.69, 9.17) is 9.84 Å². The molecule has 0 amide bonds. The molecule has 7 heteroatoms. The average molecular weight is 234 g/mol. The van der Waals surface area contributed by atoms with Gasteiger partial charge in [-0.3, -0.25) is 4.98 Å². The number of rotatable bonds is 4. The van der Waals surface area contributed by atoms with Crippen molar-refractivity contribution in [2.45, 2.75) is 0 Å². The second-order valence-corrected chi connectivity index (χ2v) is 3.26. The minimum atomic E-state index is -1.07. The van der Waals surface area contributed by atoms with Crippen LogP contribution >= 0.6 is 0 Å². The van der Waals surface area contributed by atoms with Crippen molar-refractivity contribution in [3.63, 3.8) is 0 Å². The van der Waals surface area contributed by atoms with Crippen LogP contribution in [0.15, 0.2) is 24.5 Å². The summed E-state index contributed by atoms with van der Waals surface area (Å²) >= 11 is 0. The predicted molar refractivity (Wildman–Crippen MR) is 57.4 cm³/mol. The normalized spacial score (nSPS) is 10.2. The smallest absolute Gasteiger partial charge is 0.341 e. The fraction of sp³-hybridized carbons (Fsp3) is 0.200. The summed E-state index contributed by atoms with van der Waals surface area (Å²) in [6.45, 7) is -0.459. The molecule has 7 nitrogen and oxygen atoms in total. The Hall–Kier alpha value is -2.44. The summed E-state index contributed by atoms with van der Waals surface area (Å²) in [5.74, 6) is -0.476. The van der Waals surface area contributed by atoms with E-state index in [1.54, 1.807) is 31.6 Å². The zero-order chi connectivity index (χ0) is 12.3. The van der Waals surface area contributed by atoms with Crippen molar-refractivity contribution < 1.29 is 14.6 Å². The summed E-state index contributed by atoms with van der Waals surface area (Å²) < 4.78 is 6.41. The van der Waals surface area contributed by atoms with Crippen LogP contribution in [0.3, 0.4) is 0 Å². The highest BCUT2D eigenvalue weighted by Crippen LogP contribution is 2.17. The lowest BCUT2D eigenvalue weighted by molar-refractivity contribution is -0.139. The van der Waals surface area contributed by atoms with Crippen molar-refractivity contribution in [2.75, 3.05) is 6.61 Å². The van der Waals surface area contributed by atoms with E-state index >= 15 is 0 Å². The minimum absolute atomic E-state index is 0.0433. The first-order valence-corrected chi connectivity index (χ1v) is 4.83. The van der Waals surface area contributed by atoms with E-state index in [1.807, 2.05) is 0 Å². The standard InChI is InChI=1S/C10H10N4O3/c1-14-9(7-2-4-11-5-3-7)12-10(13-14)17-6-8(15)16/h2-5H,6H2,1H3,(H,15,16). The monoisotopic (exact) mass is 234 g/mol. The summed E-state index contributed by atoms with van der Waals surface area (Å²) in [6, 6.07) is 3.61. The number of ether oxygens (including phenoxy) is 1. The van der Waals surface area contributed by atoms with Gasteiger partial charge in [0.2, 0.25) is 0 Å². The quantitative estimate of drug-likeness (QED) is 0.820. The Bertz CT molecular complexity index is 524. The Morgan fingerprint density at radius 3 is 2.82 bits per heavy atom. The molecule has 0 aromatic carbocycles. The third-order valence-corrected chi connectivity index (χ3v) is 2.01. The molecular weight excluding hydrogens is 224 g/mol. The molecule has 2 rings (SSSR count). The Labute approximate surface area is 96.7 Å². The number of aliphatic carboxylic acids is 1. The predicted octanol–water partition coefficient (Wildman–Crippen LogP) is 0.340. The molecule has 0 atom stereocenters. The molecule has 1 N–H and O–H groups in total. The van der Waals surface area contributed by atoms with Crippen molar-refractivity contribution in [1.29, 1.82) is 0 Å². The second-order valence-electron chi connectivity index (χ2n) is 3.26. The van der Waals surface area contributed by atoms with E-state index in [9.17, 15) is 4.79 Å². The number of pyridine rings is 1. The number of nitrogens with zero attached hydrogens (tertiary/aromatic N) is 4. The van der Waals surface area contributed by atoms with Gasteiger partial charge in [-0.2, -0.15) is 4.98 Å². The highest BCUT2D eigenvalue weighted by atomic mass is 16.5. The molecule has 0 aliphatic rings. The van der Waals surface area contributed by atoms with Crippen LogP contribution < -0.4 is 4.74 Å². The van der Waals surface area contributed by atoms with E-state index in [-0.39, 0.29) is 6.01 Å².